The van der Waals surface area contributed by atoms with Crippen LogP contribution in [0, 0.1) is 0 Å². The zero-order chi connectivity index (χ0) is 25.6. The van der Waals surface area contributed by atoms with E-state index in [1.54, 1.807) is 0 Å². The van der Waals surface area contributed by atoms with E-state index in [4.69, 9.17) is 23.2 Å². The van der Waals surface area contributed by atoms with Crippen LogP contribution in [0.15, 0.2) is 109 Å². The largest absolute Gasteiger partial charge is 0.327 e. The van der Waals surface area contributed by atoms with Crippen LogP contribution in [0.3, 0.4) is 0 Å². The standard InChI is InChI=1S/C31H29Cl2N3O/c32-27-18-10-17-26(28(27)33)30(25-15-8-3-9-16-25)35-19-21-36(22-20-35)31(37)34-29(23-11-4-1-5-12-23)24-13-6-2-7-14-24/h1-18,29-30H,19-22H2,(H,34,37). The molecule has 5 rings (SSSR count). The van der Waals surface area contributed by atoms with Crippen LogP contribution in [0.1, 0.15) is 34.3 Å². The second-order valence-corrected chi connectivity index (χ2v) is 9.97. The summed E-state index contributed by atoms with van der Waals surface area (Å²) in [6.07, 6.45) is 0. The Morgan fingerprint density at radius 2 is 1.16 bits per heavy atom. The molecule has 4 aromatic rings. The van der Waals surface area contributed by atoms with Crippen molar-refractivity contribution >= 4 is 29.2 Å². The van der Waals surface area contributed by atoms with Gasteiger partial charge in [-0.1, -0.05) is 126 Å². The van der Waals surface area contributed by atoms with Crippen molar-refractivity contribution in [2.24, 2.45) is 0 Å². The lowest BCUT2D eigenvalue weighted by Crippen LogP contribution is -2.53. The molecule has 0 saturated carbocycles. The predicted octanol–water partition coefficient (Wildman–Crippen LogP) is 7.20. The van der Waals surface area contributed by atoms with Gasteiger partial charge in [0.05, 0.1) is 22.1 Å². The molecule has 1 heterocycles. The SMILES string of the molecule is O=C(NC(c1ccccc1)c1ccccc1)N1CCN(C(c2ccccc2)c2cccc(Cl)c2Cl)CC1. The van der Waals surface area contributed by atoms with Gasteiger partial charge in [-0.05, 0) is 28.3 Å². The number of urea groups is 1. The molecule has 0 spiro atoms. The van der Waals surface area contributed by atoms with E-state index in [9.17, 15) is 4.79 Å². The number of benzene rings is 4. The Bertz CT molecular complexity index is 1270. The first-order valence-electron chi connectivity index (χ1n) is 12.5. The Kier molecular flexibility index (Phi) is 8.10. The number of halogens is 2. The smallest absolute Gasteiger partial charge is 0.318 e. The summed E-state index contributed by atoms with van der Waals surface area (Å²) in [5.41, 5.74) is 4.24. The number of nitrogens with zero attached hydrogens (tertiary/aromatic N) is 2. The summed E-state index contributed by atoms with van der Waals surface area (Å²) in [4.78, 5) is 17.7. The van der Waals surface area contributed by atoms with Crippen molar-refractivity contribution in [2.75, 3.05) is 26.2 Å². The topological polar surface area (TPSA) is 35.6 Å². The molecular weight excluding hydrogens is 501 g/mol. The summed E-state index contributed by atoms with van der Waals surface area (Å²) in [7, 11) is 0. The Morgan fingerprint density at radius 1 is 0.649 bits per heavy atom. The van der Waals surface area contributed by atoms with E-state index in [1.165, 1.54) is 0 Å². The lowest BCUT2D eigenvalue weighted by atomic mass is 9.96. The lowest BCUT2D eigenvalue weighted by Gasteiger charge is -2.40. The quantitative estimate of drug-likeness (QED) is 0.286. The van der Waals surface area contributed by atoms with Gasteiger partial charge in [0, 0.05) is 26.2 Å². The molecule has 6 heteroatoms. The van der Waals surface area contributed by atoms with Gasteiger partial charge in [0.15, 0.2) is 0 Å². The fourth-order valence-corrected chi connectivity index (χ4v) is 5.41. The highest BCUT2D eigenvalue weighted by Crippen LogP contribution is 2.37. The lowest BCUT2D eigenvalue weighted by molar-refractivity contribution is 0.119. The van der Waals surface area contributed by atoms with Gasteiger partial charge >= 0.3 is 6.03 Å². The van der Waals surface area contributed by atoms with Crippen LogP contribution in [0.5, 0.6) is 0 Å². The van der Waals surface area contributed by atoms with Gasteiger partial charge in [-0.3, -0.25) is 4.90 Å². The summed E-state index contributed by atoms with van der Waals surface area (Å²) < 4.78 is 0. The van der Waals surface area contributed by atoms with Crippen LogP contribution < -0.4 is 5.32 Å². The van der Waals surface area contributed by atoms with E-state index < -0.39 is 0 Å². The molecule has 1 N–H and O–H groups in total. The second kappa shape index (κ2) is 11.8. The summed E-state index contributed by atoms with van der Waals surface area (Å²) in [6, 6.07) is 36.0. The van der Waals surface area contributed by atoms with Gasteiger partial charge in [0.1, 0.15) is 0 Å². The molecule has 1 atom stereocenters. The fourth-order valence-electron chi connectivity index (χ4n) is 5.00. The van der Waals surface area contributed by atoms with Crippen LogP contribution in [0.2, 0.25) is 10.0 Å². The molecule has 2 amide bonds. The monoisotopic (exact) mass is 529 g/mol. The molecule has 4 aromatic carbocycles. The van der Waals surface area contributed by atoms with Crippen molar-refractivity contribution < 1.29 is 4.79 Å². The molecule has 1 unspecified atom stereocenters. The maximum absolute atomic E-state index is 13.4. The summed E-state index contributed by atoms with van der Waals surface area (Å²) in [5.74, 6) is 0. The Labute approximate surface area is 228 Å². The molecule has 1 aliphatic rings. The molecule has 1 saturated heterocycles. The second-order valence-electron chi connectivity index (χ2n) is 9.18. The van der Waals surface area contributed by atoms with Crippen molar-refractivity contribution in [2.45, 2.75) is 12.1 Å². The van der Waals surface area contributed by atoms with Crippen LogP contribution in [-0.2, 0) is 0 Å². The van der Waals surface area contributed by atoms with Gasteiger partial charge in [-0.25, -0.2) is 4.79 Å². The highest BCUT2D eigenvalue weighted by atomic mass is 35.5. The van der Waals surface area contributed by atoms with Crippen LogP contribution in [0.25, 0.3) is 0 Å². The van der Waals surface area contributed by atoms with Gasteiger partial charge in [0.25, 0.3) is 0 Å². The molecule has 1 fully saturated rings. The number of hydrogen-bond acceptors (Lipinski definition) is 2. The maximum Gasteiger partial charge on any atom is 0.318 e. The zero-order valence-electron chi connectivity index (χ0n) is 20.4. The number of carbonyl (C=O) groups excluding carboxylic acids is 1. The fraction of sp³-hybridized carbons (Fsp3) is 0.194. The van der Waals surface area contributed by atoms with Crippen LogP contribution in [-0.4, -0.2) is 42.0 Å². The number of piperazine rings is 1. The number of nitrogens with one attached hydrogen (secondary N) is 1. The minimum Gasteiger partial charge on any atom is -0.327 e. The molecule has 0 radical (unpaired) electrons. The third-order valence-corrected chi connectivity index (χ3v) is 7.73. The normalized spacial score (nSPS) is 14.9. The van der Waals surface area contributed by atoms with Crippen molar-refractivity contribution in [3.63, 3.8) is 0 Å². The summed E-state index contributed by atoms with van der Waals surface area (Å²) in [5, 5.41) is 4.40. The van der Waals surface area contributed by atoms with Gasteiger partial charge in [-0.15, -0.1) is 0 Å². The molecule has 0 aromatic heterocycles. The van der Waals surface area contributed by atoms with Crippen molar-refractivity contribution in [1.29, 1.82) is 0 Å². The highest BCUT2D eigenvalue weighted by molar-refractivity contribution is 6.42. The number of rotatable bonds is 6. The number of hydrogen-bond donors (Lipinski definition) is 1. The first kappa shape index (κ1) is 25.3. The molecule has 1 aliphatic heterocycles. The van der Waals surface area contributed by atoms with E-state index in [0.29, 0.717) is 23.1 Å². The number of carbonyl (C=O) groups is 1. The van der Waals surface area contributed by atoms with E-state index >= 15 is 0 Å². The van der Waals surface area contributed by atoms with Crippen molar-refractivity contribution in [1.82, 2.24) is 15.1 Å². The first-order chi connectivity index (χ1) is 18.1. The predicted molar refractivity (Wildman–Crippen MR) is 151 cm³/mol. The first-order valence-corrected chi connectivity index (χ1v) is 13.3. The molecule has 37 heavy (non-hydrogen) atoms. The maximum atomic E-state index is 13.4. The van der Waals surface area contributed by atoms with E-state index in [1.807, 2.05) is 77.7 Å². The molecule has 0 aliphatic carbocycles. The minimum atomic E-state index is -0.213. The third kappa shape index (κ3) is 5.83. The summed E-state index contributed by atoms with van der Waals surface area (Å²) in [6.45, 7) is 2.67. The molecular formula is C31H29Cl2N3O. The minimum absolute atomic E-state index is 0.0426. The van der Waals surface area contributed by atoms with Gasteiger partial charge in [0.2, 0.25) is 0 Å². The van der Waals surface area contributed by atoms with E-state index in [0.717, 1.165) is 35.3 Å². The Morgan fingerprint density at radius 3 is 1.70 bits per heavy atom. The average Bonchev–Trinajstić information content (AvgIpc) is 2.96. The van der Waals surface area contributed by atoms with Gasteiger partial charge < -0.3 is 10.2 Å². The molecule has 0 bridgehead atoms. The number of amides is 2. The van der Waals surface area contributed by atoms with Crippen molar-refractivity contribution in [3.8, 4) is 0 Å². The van der Waals surface area contributed by atoms with Crippen LogP contribution >= 0.6 is 23.2 Å². The summed E-state index contributed by atoms with van der Waals surface area (Å²) >= 11 is 13.1. The van der Waals surface area contributed by atoms with E-state index in [-0.39, 0.29) is 18.1 Å². The molecule has 4 nitrogen and oxygen atoms in total. The average molecular weight is 530 g/mol. The molecule has 188 valence electrons. The highest BCUT2D eigenvalue weighted by Gasteiger charge is 2.30. The van der Waals surface area contributed by atoms with E-state index in [2.05, 4.69) is 46.6 Å². The zero-order valence-corrected chi connectivity index (χ0v) is 21.9. The Balaban J connectivity index is 1.33. The van der Waals surface area contributed by atoms with Crippen molar-refractivity contribution in [3.05, 3.63) is 141 Å². The van der Waals surface area contributed by atoms with Gasteiger partial charge in [-0.2, -0.15) is 0 Å². The van der Waals surface area contributed by atoms with Crippen LogP contribution in [0.4, 0.5) is 4.79 Å². The third-order valence-electron chi connectivity index (χ3n) is 6.89. The Hall–Kier alpha value is -3.31.